The Morgan fingerprint density at radius 3 is 1.90 bits per heavy atom. The molecule has 39 heavy (non-hydrogen) atoms. The number of aryl methyl sites for hydroxylation is 2. The van der Waals surface area contributed by atoms with Crippen LogP contribution in [0.3, 0.4) is 0 Å². The fraction of sp³-hybridized carbons (Fsp3) is 0.375. The van der Waals surface area contributed by atoms with Crippen LogP contribution >= 0.6 is 0 Å². The highest BCUT2D eigenvalue weighted by Crippen LogP contribution is 2.35. The molecule has 202 valence electrons. The number of rotatable bonds is 9. The van der Waals surface area contributed by atoms with E-state index in [9.17, 15) is 10.1 Å². The van der Waals surface area contributed by atoms with Crippen LogP contribution in [0.2, 0.25) is 0 Å². The molecule has 3 aromatic rings. The minimum absolute atomic E-state index is 0.0193. The van der Waals surface area contributed by atoms with Crippen molar-refractivity contribution in [2.24, 2.45) is 0 Å². The van der Waals surface area contributed by atoms with E-state index < -0.39 is 0 Å². The first kappa shape index (κ1) is 26.6. The maximum atomic E-state index is 12.5. The van der Waals surface area contributed by atoms with E-state index in [2.05, 4.69) is 68.0 Å². The summed E-state index contributed by atoms with van der Waals surface area (Å²) in [4.78, 5) is 29.1. The van der Waals surface area contributed by atoms with Gasteiger partial charge in [-0.05, 0) is 84.4 Å². The van der Waals surface area contributed by atoms with E-state index in [4.69, 9.17) is 9.97 Å². The highest BCUT2D eigenvalue weighted by molar-refractivity contribution is 5.92. The van der Waals surface area contributed by atoms with E-state index in [1.54, 1.807) is 6.07 Å². The second-order valence-electron chi connectivity index (χ2n) is 10.4. The number of nitrogens with zero attached hydrogens (tertiary/aromatic N) is 3. The third-order valence-corrected chi connectivity index (χ3v) is 7.35. The number of nitrogens with one attached hydrogen (secondary N) is 2. The first-order chi connectivity index (χ1) is 18.9. The van der Waals surface area contributed by atoms with Crippen LogP contribution < -0.4 is 0 Å². The minimum atomic E-state index is -0.297. The quantitative estimate of drug-likeness (QED) is 0.216. The average Bonchev–Trinajstić information content (AvgIpc) is 3.68. The molecule has 0 aromatic carbocycles. The van der Waals surface area contributed by atoms with Gasteiger partial charge in [0.2, 0.25) is 0 Å². The summed E-state index contributed by atoms with van der Waals surface area (Å²) in [5.74, 6) is 0. The summed E-state index contributed by atoms with van der Waals surface area (Å²) < 4.78 is 0. The lowest BCUT2D eigenvalue weighted by Crippen LogP contribution is -1.94. The van der Waals surface area contributed by atoms with Crippen LogP contribution in [0, 0.1) is 10.1 Å². The van der Waals surface area contributed by atoms with Crippen LogP contribution in [0.4, 0.5) is 5.69 Å². The molecule has 2 N–H and O–H groups in total. The molecule has 5 rings (SSSR count). The van der Waals surface area contributed by atoms with Crippen LogP contribution in [-0.4, -0.2) is 24.9 Å². The Bertz CT molecular complexity index is 1640. The fourth-order valence-electron chi connectivity index (χ4n) is 5.54. The first-order valence-corrected chi connectivity index (χ1v) is 14.3. The third kappa shape index (κ3) is 5.31. The van der Waals surface area contributed by atoms with Gasteiger partial charge in [0, 0.05) is 17.1 Å². The highest BCUT2D eigenvalue weighted by atomic mass is 16.6. The molecular weight excluding hydrogens is 486 g/mol. The fourth-order valence-corrected chi connectivity index (χ4v) is 5.54. The summed E-state index contributed by atoms with van der Waals surface area (Å²) in [6.07, 6.45) is 11.4. The molecule has 0 amide bonds. The molecule has 0 aliphatic carbocycles. The third-order valence-electron chi connectivity index (χ3n) is 7.35. The zero-order valence-electron chi connectivity index (χ0n) is 23.4. The Balaban J connectivity index is 1.93. The van der Waals surface area contributed by atoms with Gasteiger partial charge in [0.25, 0.3) is 5.69 Å². The van der Waals surface area contributed by atoms with E-state index in [1.165, 1.54) is 11.1 Å². The first-order valence-electron chi connectivity index (χ1n) is 14.3. The summed E-state index contributed by atoms with van der Waals surface area (Å²) in [5, 5.41) is 12.5. The average molecular weight is 524 g/mol. The van der Waals surface area contributed by atoms with E-state index in [0.29, 0.717) is 5.69 Å². The van der Waals surface area contributed by atoms with Gasteiger partial charge in [0.15, 0.2) is 0 Å². The molecular formula is C32H37N5O2. The Labute approximate surface area is 229 Å². The van der Waals surface area contributed by atoms with Crippen LogP contribution in [0.25, 0.3) is 45.4 Å². The summed E-state index contributed by atoms with van der Waals surface area (Å²) in [6.45, 7) is 8.55. The Hall–Kier alpha value is -4.00. The van der Waals surface area contributed by atoms with E-state index in [0.717, 1.165) is 102 Å². The second kappa shape index (κ2) is 11.4. The summed E-state index contributed by atoms with van der Waals surface area (Å²) in [6, 6.07) is 10.1. The minimum Gasteiger partial charge on any atom is -0.354 e. The van der Waals surface area contributed by atoms with Crippen molar-refractivity contribution in [1.29, 1.82) is 0 Å². The van der Waals surface area contributed by atoms with Gasteiger partial charge >= 0.3 is 0 Å². The Morgan fingerprint density at radius 1 is 0.692 bits per heavy atom. The molecule has 2 aliphatic rings. The van der Waals surface area contributed by atoms with Crippen molar-refractivity contribution in [3.05, 3.63) is 74.3 Å². The van der Waals surface area contributed by atoms with Crippen LogP contribution in [0.1, 0.15) is 100 Å². The molecule has 5 heterocycles. The molecule has 0 spiro atoms. The zero-order chi connectivity index (χ0) is 27.5. The lowest BCUT2D eigenvalue weighted by Gasteiger charge is -2.00. The van der Waals surface area contributed by atoms with E-state index >= 15 is 0 Å². The second-order valence-corrected chi connectivity index (χ2v) is 10.4. The maximum absolute atomic E-state index is 12.5. The number of nitro groups is 1. The van der Waals surface area contributed by atoms with E-state index in [-0.39, 0.29) is 10.6 Å². The number of hydrogen-bond acceptors (Lipinski definition) is 4. The van der Waals surface area contributed by atoms with Crippen molar-refractivity contribution in [2.75, 3.05) is 0 Å². The van der Waals surface area contributed by atoms with Crippen molar-refractivity contribution >= 4 is 51.1 Å². The standard InChI is InChI=1S/C32H37N5O2/c1-5-9-20-15-27-28-17-22(11-7-3)26(35-28)19-31(37(38)39)32-23(12-8-4)18-30(36-32)29-16-21(10-6-2)25(34-29)14-13-24(20)33-27/h13-19,34-35H,5-12H2,1-4H3. The molecule has 0 saturated heterocycles. The van der Waals surface area contributed by atoms with Crippen molar-refractivity contribution in [1.82, 2.24) is 19.9 Å². The van der Waals surface area contributed by atoms with Crippen LogP contribution in [0.15, 0.2) is 30.3 Å². The lowest BCUT2D eigenvalue weighted by atomic mass is 10.1. The lowest BCUT2D eigenvalue weighted by molar-refractivity contribution is -0.385. The predicted octanol–water partition coefficient (Wildman–Crippen LogP) is 8.81. The van der Waals surface area contributed by atoms with Crippen molar-refractivity contribution < 1.29 is 4.92 Å². The SMILES string of the molecule is CCCC1=Cc2nc1ccc1[nH]c(cc1CCC)c1nc(c([N+](=O)[O-])cc3[nH]c2cc3CCC)C(CCC)=C1. The molecule has 7 nitrogen and oxygen atoms in total. The molecule has 2 aliphatic heterocycles. The highest BCUT2D eigenvalue weighted by Gasteiger charge is 2.23. The number of hydrogen-bond donors (Lipinski definition) is 2. The molecule has 0 atom stereocenters. The van der Waals surface area contributed by atoms with Crippen LogP contribution in [0.5, 0.6) is 0 Å². The largest absolute Gasteiger partial charge is 0.354 e. The molecule has 0 unspecified atom stereocenters. The monoisotopic (exact) mass is 523 g/mol. The summed E-state index contributed by atoms with van der Waals surface area (Å²) in [5.41, 5.74) is 11.0. The Kier molecular flexibility index (Phi) is 7.77. The predicted molar refractivity (Wildman–Crippen MR) is 161 cm³/mol. The Morgan fingerprint density at radius 2 is 1.26 bits per heavy atom. The number of H-pyrrole nitrogens is 2. The molecule has 0 fully saturated rings. The van der Waals surface area contributed by atoms with Gasteiger partial charge in [0.1, 0.15) is 5.69 Å². The topological polar surface area (TPSA) is 100 Å². The van der Waals surface area contributed by atoms with Gasteiger partial charge < -0.3 is 9.97 Å². The molecule has 0 saturated carbocycles. The summed E-state index contributed by atoms with van der Waals surface area (Å²) in [7, 11) is 0. The number of fused-ring (bicyclic) bond motifs is 10. The number of aromatic amines is 2. The van der Waals surface area contributed by atoms with Gasteiger partial charge in [-0.3, -0.25) is 10.1 Å². The number of allylic oxidation sites excluding steroid dienone is 2. The van der Waals surface area contributed by atoms with Gasteiger partial charge in [-0.1, -0.05) is 53.4 Å². The van der Waals surface area contributed by atoms with Crippen molar-refractivity contribution in [3.8, 4) is 0 Å². The van der Waals surface area contributed by atoms with Crippen LogP contribution in [-0.2, 0) is 12.8 Å². The maximum Gasteiger partial charge on any atom is 0.297 e. The van der Waals surface area contributed by atoms with Gasteiger partial charge in [-0.25, -0.2) is 9.97 Å². The van der Waals surface area contributed by atoms with E-state index in [1.807, 2.05) is 6.08 Å². The molecule has 0 radical (unpaired) electrons. The normalized spacial score (nSPS) is 12.9. The molecule has 3 aromatic heterocycles. The summed E-state index contributed by atoms with van der Waals surface area (Å²) >= 11 is 0. The zero-order valence-corrected chi connectivity index (χ0v) is 23.4. The van der Waals surface area contributed by atoms with Crippen molar-refractivity contribution in [3.63, 3.8) is 0 Å². The smallest absolute Gasteiger partial charge is 0.297 e. The van der Waals surface area contributed by atoms with Gasteiger partial charge in [-0.2, -0.15) is 0 Å². The van der Waals surface area contributed by atoms with Crippen molar-refractivity contribution in [2.45, 2.75) is 79.1 Å². The molecule has 8 bridgehead atoms. The van der Waals surface area contributed by atoms with Gasteiger partial charge in [0.05, 0.1) is 33.0 Å². The molecule has 7 heteroatoms. The van der Waals surface area contributed by atoms with Gasteiger partial charge in [-0.15, -0.1) is 0 Å². The number of aromatic nitrogens is 4.